The van der Waals surface area contributed by atoms with Crippen molar-refractivity contribution in [2.24, 2.45) is 0 Å². The lowest BCUT2D eigenvalue weighted by Crippen LogP contribution is -2.02. The molecule has 0 amide bonds. The van der Waals surface area contributed by atoms with Crippen LogP contribution in [0.4, 0.5) is 11.4 Å². The lowest BCUT2D eigenvalue weighted by molar-refractivity contribution is 0.870. The highest BCUT2D eigenvalue weighted by Gasteiger charge is 2.07. The summed E-state index contributed by atoms with van der Waals surface area (Å²) >= 11 is 0. The van der Waals surface area contributed by atoms with Crippen molar-refractivity contribution in [1.29, 1.82) is 0 Å². The second kappa shape index (κ2) is 3.05. The third-order valence-electron chi connectivity index (χ3n) is 2.16. The van der Waals surface area contributed by atoms with E-state index >= 15 is 0 Å². The fourth-order valence-corrected chi connectivity index (χ4v) is 1.27. The molecule has 0 unspecified atom stereocenters. The van der Waals surface area contributed by atoms with E-state index in [1.54, 1.807) is 0 Å². The SMILES string of the molecule is Cc1ccc(C(C)C)c(N)c1N. The third-order valence-corrected chi connectivity index (χ3v) is 2.16. The maximum absolute atomic E-state index is 5.86. The first-order valence-electron chi connectivity index (χ1n) is 4.18. The molecule has 2 nitrogen and oxygen atoms in total. The predicted octanol–water partition coefficient (Wildman–Crippen LogP) is 2.28. The number of aryl methyl sites for hydroxylation is 1. The van der Waals surface area contributed by atoms with Gasteiger partial charge < -0.3 is 11.5 Å². The van der Waals surface area contributed by atoms with Crippen LogP contribution in [0.1, 0.15) is 30.9 Å². The number of benzene rings is 1. The van der Waals surface area contributed by atoms with Gasteiger partial charge in [-0.15, -0.1) is 0 Å². The van der Waals surface area contributed by atoms with Gasteiger partial charge in [0.2, 0.25) is 0 Å². The smallest absolute Gasteiger partial charge is 0.0585 e. The Morgan fingerprint density at radius 3 is 2.17 bits per heavy atom. The molecule has 1 aromatic carbocycles. The Bertz CT molecular complexity index is 290. The Morgan fingerprint density at radius 1 is 1.08 bits per heavy atom. The zero-order chi connectivity index (χ0) is 9.30. The van der Waals surface area contributed by atoms with Gasteiger partial charge in [-0.2, -0.15) is 0 Å². The van der Waals surface area contributed by atoms with Crippen molar-refractivity contribution in [2.45, 2.75) is 26.7 Å². The molecule has 1 aromatic rings. The van der Waals surface area contributed by atoms with Gasteiger partial charge >= 0.3 is 0 Å². The van der Waals surface area contributed by atoms with E-state index in [1.165, 1.54) is 0 Å². The molecule has 0 aliphatic heterocycles. The van der Waals surface area contributed by atoms with E-state index in [0.29, 0.717) is 5.92 Å². The number of anilines is 2. The Labute approximate surface area is 73.6 Å². The van der Waals surface area contributed by atoms with Gasteiger partial charge in [0.15, 0.2) is 0 Å². The van der Waals surface area contributed by atoms with Crippen LogP contribution in [0.3, 0.4) is 0 Å². The van der Waals surface area contributed by atoms with Crippen molar-refractivity contribution in [1.82, 2.24) is 0 Å². The maximum Gasteiger partial charge on any atom is 0.0585 e. The van der Waals surface area contributed by atoms with E-state index in [1.807, 2.05) is 19.1 Å². The van der Waals surface area contributed by atoms with Crippen LogP contribution in [-0.4, -0.2) is 0 Å². The average Bonchev–Trinajstić information content (AvgIpc) is 2.00. The summed E-state index contributed by atoms with van der Waals surface area (Å²) in [5, 5.41) is 0. The van der Waals surface area contributed by atoms with E-state index < -0.39 is 0 Å². The summed E-state index contributed by atoms with van der Waals surface area (Å²) in [5.41, 5.74) is 15.3. The third kappa shape index (κ3) is 1.37. The van der Waals surface area contributed by atoms with E-state index in [9.17, 15) is 0 Å². The minimum absolute atomic E-state index is 0.438. The highest BCUT2D eigenvalue weighted by molar-refractivity contribution is 5.71. The zero-order valence-electron chi connectivity index (χ0n) is 7.89. The normalized spacial score (nSPS) is 10.7. The zero-order valence-corrected chi connectivity index (χ0v) is 7.89. The number of hydrogen-bond acceptors (Lipinski definition) is 2. The summed E-state index contributed by atoms with van der Waals surface area (Å²) in [6.07, 6.45) is 0. The molecule has 0 aliphatic carbocycles. The lowest BCUT2D eigenvalue weighted by Gasteiger charge is -2.12. The molecule has 0 saturated carbocycles. The van der Waals surface area contributed by atoms with E-state index in [2.05, 4.69) is 13.8 Å². The highest BCUT2D eigenvalue weighted by atomic mass is 14.7. The van der Waals surface area contributed by atoms with Crippen molar-refractivity contribution in [2.75, 3.05) is 11.5 Å². The Kier molecular flexibility index (Phi) is 2.27. The topological polar surface area (TPSA) is 52.0 Å². The van der Waals surface area contributed by atoms with Crippen LogP contribution >= 0.6 is 0 Å². The first-order valence-corrected chi connectivity index (χ1v) is 4.18. The molecule has 66 valence electrons. The van der Waals surface area contributed by atoms with Crippen molar-refractivity contribution in [3.8, 4) is 0 Å². The predicted molar refractivity (Wildman–Crippen MR) is 54.1 cm³/mol. The van der Waals surface area contributed by atoms with Crippen LogP contribution in [0.2, 0.25) is 0 Å². The largest absolute Gasteiger partial charge is 0.397 e. The summed E-state index contributed by atoms with van der Waals surface area (Å²) in [5.74, 6) is 0.438. The first-order chi connectivity index (χ1) is 5.54. The summed E-state index contributed by atoms with van der Waals surface area (Å²) in [6.45, 7) is 6.19. The number of nitrogen functional groups attached to an aromatic ring is 2. The molecule has 0 radical (unpaired) electrons. The van der Waals surface area contributed by atoms with Gasteiger partial charge in [-0.25, -0.2) is 0 Å². The minimum atomic E-state index is 0.438. The molecule has 0 saturated heterocycles. The average molecular weight is 164 g/mol. The first kappa shape index (κ1) is 8.91. The minimum Gasteiger partial charge on any atom is -0.397 e. The van der Waals surface area contributed by atoms with Crippen LogP contribution in [0.25, 0.3) is 0 Å². The number of rotatable bonds is 1. The number of nitrogens with two attached hydrogens (primary N) is 2. The van der Waals surface area contributed by atoms with Gasteiger partial charge in [0.1, 0.15) is 0 Å². The number of hydrogen-bond donors (Lipinski definition) is 2. The van der Waals surface area contributed by atoms with Crippen LogP contribution in [-0.2, 0) is 0 Å². The molecule has 0 atom stereocenters. The van der Waals surface area contributed by atoms with Crippen molar-refractivity contribution in [3.05, 3.63) is 23.3 Å². The molecule has 0 heterocycles. The van der Waals surface area contributed by atoms with Gasteiger partial charge in [-0.05, 0) is 24.0 Å². The quantitative estimate of drug-likeness (QED) is 0.626. The molecular weight excluding hydrogens is 148 g/mol. The Balaban J connectivity index is 3.27. The second-order valence-corrected chi connectivity index (χ2v) is 3.45. The lowest BCUT2D eigenvalue weighted by atomic mass is 9.98. The molecule has 0 bridgehead atoms. The molecule has 2 heteroatoms. The fourth-order valence-electron chi connectivity index (χ4n) is 1.27. The van der Waals surface area contributed by atoms with Crippen molar-refractivity contribution < 1.29 is 0 Å². The standard InChI is InChI=1S/C10H16N2/c1-6(2)8-5-4-7(3)9(11)10(8)12/h4-6H,11-12H2,1-3H3. The van der Waals surface area contributed by atoms with E-state index in [4.69, 9.17) is 11.5 Å². The summed E-state index contributed by atoms with van der Waals surface area (Å²) in [4.78, 5) is 0. The van der Waals surface area contributed by atoms with E-state index in [-0.39, 0.29) is 0 Å². The molecule has 0 fully saturated rings. The van der Waals surface area contributed by atoms with Crippen LogP contribution < -0.4 is 11.5 Å². The Hall–Kier alpha value is -1.18. The maximum atomic E-state index is 5.86. The molecule has 4 N–H and O–H groups in total. The van der Waals surface area contributed by atoms with Gasteiger partial charge in [0, 0.05) is 0 Å². The summed E-state index contributed by atoms with van der Waals surface area (Å²) in [6, 6.07) is 4.06. The molecule has 1 rings (SSSR count). The van der Waals surface area contributed by atoms with Gasteiger partial charge in [0.25, 0.3) is 0 Å². The molecule has 0 spiro atoms. The fraction of sp³-hybridized carbons (Fsp3) is 0.400. The summed E-state index contributed by atoms with van der Waals surface area (Å²) in [7, 11) is 0. The molecule has 0 aromatic heterocycles. The second-order valence-electron chi connectivity index (χ2n) is 3.45. The highest BCUT2D eigenvalue weighted by Crippen LogP contribution is 2.28. The van der Waals surface area contributed by atoms with Gasteiger partial charge in [-0.3, -0.25) is 0 Å². The molecule has 0 aliphatic rings. The van der Waals surface area contributed by atoms with Gasteiger partial charge in [0.05, 0.1) is 11.4 Å². The van der Waals surface area contributed by atoms with E-state index in [0.717, 1.165) is 22.5 Å². The van der Waals surface area contributed by atoms with Crippen LogP contribution in [0, 0.1) is 6.92 Å². The van der Waals surface area contributed by atoms with Crippen LogP contribution in [0.15, 0.2) is 12.1 Å². The van der Waals surface area contributed by atoms with Crippen molar-refractivity contribution >= 4 is 11.4 Å². The van der Waals surface area contributed by atoms with Crippen molar-refractivity contribution in [3.63, 3.8) is 0 Å². The molecular formula is C10H16N2. The van der Waals surface area contributed by atoms with Gasteiger partial charge in [-0.1, -0.05) is 26.0 Å². The summed E-state index contributed by atoms with van der Waals surface area (Å²) < 4.78 is 0. The molecule has 12 heavy (non-hydrogen) atoms. The monoisotopic (exact) mass is 164 g/mol. The van der Waals surface area contributed by atoms with Crippen LogP contribution in [0.5, 0.6) is 0 Å². The Morgan fingerprint density at radius 2 is 1.67 bits per heavy atom.